The predicted octanol–water partition coefficient (Wildman–Crippen LogP) is 3.30. The van der Waals surface area contributed by atoms with Gasteiger partial charge in [-0.15, -0.1) is 6.42 Å². The Bertz CT molecular complexity index is 581. The van der Waals surface area contributed by atoms with Gasteiger partial charge in [0, 0.05) is 6.54 Å². The highest BCUT2D eigenvalue weighted by Crippen LogP contribution is 2.14. The number of aryl methyl sites for hydroxylation is 1. The lowest BCUT2D eigenvalue weighted by atomic mass is 10.1. The maximum Gasteiger partial charge on any atom is 0.119 e. The molecular weight excluding hydrogens is 246 g/mol. The van der Waals surface area contributed by atoms with Crippen molar-refractivity contribution in [1.82, 2.24) is 5.32 Å². The van der Waals surface area contributed by atoms with Gasteiger partial charge in [-0.25, -0.2) is 0 Å². The van der Waals surface area contributed by atoms with Crippen LogP contribution < -0.4 is 10.1 Å². The first kappa shape index (κ1) is 14.2. The fraction of sp³-hybridized carbons (Fsp3) is 0.222. The molecule has 0 aliphatic carbocycles. The van der Waals surface area contributed by atoms with Crippen molar-refractivity contribution >= 4 is 0 Å². The Kier molecular flexibility index (Phi) is 5.23. The Morgan fingerprint density at radius 3 is 2.60 bits per heavy atom. The van der Waals surface area contributed by atoms with Gasteiger partial charge >= 0.3 is 0 Å². The van der Waals surface area contributed by atoms with Gasteiger partial charge in [-0.1, -0.05) is 47.9 Å². The molecule has 2 rings (SSSR count). The number of nitrogens with one attached hydrogen (secondary N) is 1. The molecule has 0 aromatic heterocycles. The molecule has 0 saturated heterocycles. The summed E-state index contributed by atoms with van der Waals surface area (Å²) in [4.78, 5) is 0. The molecule has 2 aromatic rings. The number of hydrogen-bond acceptors (Lipinski definition) is 2. The zero-order valence-corrected chi connectivity index (χ0v) is 11.7. The number of benzene rings is 2. The summed E-state index contributed by atoms with van der Waals surface area (Å²) in [7, 11) is 0. The molecule has 0 radical (unpaired) electrons. The van der Waals surface area contributed by atoms with Crippen LogP contribution in [-0.4, -0.2) is 6.54 Å². The van der Waals surface area contributed by atoms with Crippen LogP contribution in [0.5, 0.6) is 5.75 Å². The second kappa shape index (κ2) is 7.37. The van der Waals surface area contributed by atoms with E-state index in [-0.39, 0.29) is 0 Å². The highest BCUT2D eigenvalue weighted by Gasteiger charge is 1.97. The van der Waals surface area contributed by atoms with E-state index in [4.69, 9.17) is 11.2 Å². The van der Waals surface area contributed by atoms with Gasteiger partial charge < -0.3 is 10.1 Å². The molecular formula is C18H19NO. The second-order valence-electron chi connectivity index (χ2n) is 4.73. The smallest absolute Gasteiger partial charge is 0.119 e. The van der Waals surface area contributed by atoms with Crippen LogP contribution in [0.1, 0.15) is 16.7 Å². The summed E-state index contributed by atoms with van der Waals surface area (Å²) in [6, 6.07) is 16.4. The van der Waals surface area contributed by atoms with Crippen molar-refractivity contribution in [2.45, 2.75) is 20.1 Å². The molecule has 2 heteroatoms. The third kappa shape index (κ3) is 4.46. The van der Waals surface area contributed by atoms with E-state index in [2.05, 4.69) is 48.5 Å². The van der Waals surface area contributed by atoms with E-state index in [0.29, 0.717) is 13.2 Å². The average Bonchev–Trinajstić information content (AvgIpc) is 2.47. The first-order valence-electron chi connectivity index (χ1n) is 6.69. The van der Waals surface area contributed by atoms with Gasteiger partial charge in [-0.05, 0) is 30.2 Å². The van der Waals surface area contributed by atoms with Gasteiger partial charge in [0.2, 0.25) is 0 Å². The van der Waals surface area contributed by atoms with Gasteiger partial charge in [0.05, 0.1) is 6.54 Å². The number of terminal acetylenes is 1. The van der Waals surface area contributed by atoms with E-state index < -0.39 is 0 Å². The Labute approximate surface area is 120 Å². The van der Waals surface area contributed by atoms with Crippen molar-refractivity contribution in [3.8, 4) is 18.1 Å². The standard InChI is InChI=1S/C18H19NO/c1-3-11-19-13-16-7-9-18(10-8-16)20-14-17-6-4-5-15(2)12-17/h1,4-10,12,19H,11,13-14H2,2H3. The van der Waals surface area contributed by atoms with E-state index >= 15 is 0 Å². The molecule has 2 nitrogen and oxygen atoms in total. The Balaban J connectivity index is 1.86. The minimum Gasteiger partial charge on any atom is -0.489 e. The summed E-state index contributed by atoms with van der Waals surface area (Å²) in [5.41, 5.74) is 3.63. The van der Waals surface area contributed by atoms with E-state index in [1.807, 2.05) is 18.2 Å². The molecule has 0 amide bonds. The van der Waals surface area contributed by atoms with Crippen LogP contribution in [0.3, 0.4) is 0 Å². The molecule has 0 aliphatic rings. The summed E-state index contributed by atoms with van der Waals surface area (Å²) in [5, 5.41) is 3.16. The van der Waals surface area contributed by atoms with Gasteiger partial charge in [0.25, 0.3) is 0 Å². The van der Waals surface area contributed by atoms with E-state index in [9.17, 15) is 0 Å². The van der Waals surface area contributed by atoms with Crippen molar-refractivity contribution in [1.29, 1.82) is 0 Å². The molecule has 0 saturated carbocycles. The van der Waals surface area contributed by atoms with E-state index in [1.165, 1.54) is 16.7 Å². The maximum absolute atomic E-state index is 5.77. The third-order valence-corrected chi connectivity index (χ3v) is 2.97. The summed E-state index contributed by atoms with van der Waals surface area (Å²) >= 11 is 0. The molecule has 0 unspecified atom stereocenters. The monoisotopic (exact) mass is 265 g/mol. The van der Waals surface area contributed by atoms with Crippen LogP contribution in [-0.2, 0) is 13.2 Å². The van der Waals surface area contributed by atoms with Crippen LogP contribution in [0, 0.1) is 19.3 Å². The largest absolute Gasteiger partial charge is 0.489 e. The number of ether oxygens (including phenoxy) is 1. The quantitative estimate of drug-likeness (QED) is 0.639. The summed E-state index contributed by atoms with van der Waals surface area (Å²) in [5.74, 6) is 3.44. The van der Waals surface area contributed by atoms with Crippen molar-refractivity contribution < 1.29 is 4.74 Å². The van der Waals surface area contributed by atoms with Crippen molar-refractivity contribution in [3.05, 3.63) is 65.2 Å². The topological polar surface area (TPSA) is 21.3 Å². The number of rotatable bonds is 6. The van der Waals surface area contributed by atoms with Crippen molar-refractivity contribution in [3.63, 3.8) is 0 Å². The van der Waals surface area contributed by atoms with Crippen LogP contribution in [0.2, 0.25) is 0 Å². The Morgan fingerprint density at radius 2 is 1.90 bits per heavy atom. The van der Waals surface area contributed by atoms with E-state index in [1.54, 1.807) is 0 Å². The zero-order valence-electron chi connectivity index (χ0n) is 11.7. The molecule has 0 bridgehead atoms. The minimum atomic E-state index is 0.589. The lowest BCUT2D eigenvalue weighted by Gasteiger charge is -2.08. The molecule has 0 fully saturated rings. The SMILES string of the molecule is C#CCNCc1ccc(OCc2cccc(C)c2)cc1. The minimum absolute atomic E-state index is 0.589. The Hall–Kier alpha value is -2.24. The van der Waals surface area contributed by atoms with Crippen LogP contribution >= 0.6 is 0 Å². The molecule has 0 aliphatic heterocycles. The van der Waals surface area contributed by atoms with Crippen LogP contribution in [0.15, 0.2) is 48.5 Å². The first-order valence-corrected chi connectivity index (χ1v) is 6.69. The average molecular weight is 265 g/mol. The summed E-state index contributed by atoms with van der Waals surface area (Å²) in [6.45, 7) is 4.05. The normalized spacial score (nSPS) is 10.0. The highest BCUT2D eigenvalue weighted by atomic mass is 16.5. The van der Waals surface area contributed by atoms with Gasteiger partial charge in [0.1, 0.15) is 12.4 Å². The molecule has 102 valence electrons. The lowest BCUT2D eigenvalue weighted by molar-refractivity contribution is 0.306. The second-order valence-corrected chi connectivity index (χ2v) is 4.73. The van der Waals surface area contributed by atoms with Crippen LogP contribution in [0.25, 0.3) is 0 Å². The van der Waals surface area contributed by atoms with Crippen LogP contribution in [0.4, 0.5) is 0 Å². The molecule has 2 aromatic carbocycles. The fourth-order valence-electron chi connectivity index (χ4n) is 1.95. The van der Waals surface area contributed by atoms with Gasteiger partial charge in [0.15, 0.2) is 0 Å². The maximum atomic E-state index is 5.77. The van der Waals surface area contributed by atoms with Gasteiger partial charge in [-0.3, -0.25) is 0 Å². The zero-order chi connectivity index (χ0) is 14.2. The molecule has 0 atom stereocenters. The Morgan fingerprint density at radius 1 is 1.10 bits per heavy atom. The molecule has 20 heavy (non-hydrogen) atoms. The summed E-state index contributed by atoms with van der Waals surface area (Å²) in [6.07, 6.45) is 5.19. The fourth-order valence-corrected chi connectivity index (χ4v) is 1.95. The molecule has 1 N–H and O–H groups in total. The van der Waals surface area contributed by atoms with Crippen molar-refractivity contribution in [2.24, 2.45) is 0 Å². The number of hydrogen-bond donors (Lipinski definition) is 1. The summed E-state index contributed by atoms with van der Waals surface area (Å²) < 4.78 is 5.77. The highest BCUT2D eigenvalue weighted by molar-refractivity contribution is 5.28. The molecule has 0 spiro atoms. The predicted molar refractivity (Wildman–Crippen MR) is 82.5 cm³/mol. The van der Waals surface area contributed by atoms with Crippen molar-refractivity contribution in [2.75, 3.05) is 6.54 Å². The molecule has 0 heterocycles. The van der Waals surface area contributed by atoms with Gasteiger partial charge in [-0.2, -0.15) is 0 Å². The lowest BCUT2D eigenvalue weighted by Crippen LogP contribution is -2.12. The van der Waals surface area contributed by atoms with E-state index in [0.717, 1.165) is 12.3 Å². The third-order valence-electron chi connectivity index (χ3n) is 2.97. The first-order chi connectivity index (χ1) is 9.78.